The van der Waals surface area contributed by atoms with Crippen molar-refractivity contribution >= 4 is 62.3 Å². The van der Waals surface area contributed by atoms with Crippen LogP contribution in [0.4, 0.5) is 11.5 Å². The molecule has 4 nitrogen and oxygen atoms in total. The molecule has 0 unspecified atom stereocenters. The first kappa shape index (κ1) is 15.8. The Morgan fingerprint density at radius 3 is 2.71 bits per heavy atom. The Balaban J connectivity index is 0.00000161. The van der Waals surface area contributed by atoms with Crippen LogP contribution in [0.3, 0.4) is 0 Å². The monoisotopic (exact) mass is 385 g/mol. The first-order valence-corrected chi connectivity index (χ1v) is 6.96. The summed E-state index contributed by atoms with van der Waals surface area (Å²) in [5, 5.41) is 14.3. The summed E-state index contributed by atoms with van der Waals surface area (Å²) in [6.07, 6.45) is 1.47. The molecule has 0 radical (unpaired) electrons. The third kappa shape index (κ3) is 3.37. The number of fused-ring (bicyclic) bond motifs is 1. The van der Waals surface area contributed by atoms with Crippen molar-refractivity contribution in [2.24, 2.45) is 0 Å². The maximum Gasteiger partial charge on any atom is 0.141 e. The molecule has 2 N–H and O–H groups in total. The van der Waals surface area contributed by atoms with Crippen molar-refractivity contribution in [2.45, 2.75) is 0 Å². The summed E-state index contributed by atoms with van der Waals surface area (Å²) in [6.45, 7) is 0. The summed E-state index contributed by atoms with van der Waals surface area (Å²) in [5.41, 5.74) is 1.31. The van der Waals surface area contributed by atoms with Crippen LogP contribution in [0.15, 0.2) is 47.2 Å². The number of nitrogens with one attached hydrogen (secondary N) is 1. The van der Waals surface area contributed by atoms with Gasteiger partial charge in [0.05, 0.1) is 11.2 Å². The number of halogens is 3. The molecular weight excluding hydrogens is 377 g/mol. The van der Waals surface area contributed by atoms with Crippen molar-refractivity contribution in [3.8, 4) is 5.75 Å². The molecule has 1 heterocycles. The number of phenols is 1. The molecule has 0 spiro atoms. The highest BCUT2D eigenvalue weighted by Gasteiger charge is 2.08. The molecule has 0 amide bonds. The predicted octanol–water partition coefficient (Wildman–Crippen LogP) is 4.92. The fourth-order valence-electron chi connectivity index (χ4n) is 1.86. The van der Waals surface area contributed by atoms with E-state index in [0.717, 1.165) is 15.4 Å². The van der Waals surface area contributed by atoms with E-state index in [9.17, 15) is 5.11 Å². The predicted molar refractivity (Wildman–Crippen MR) is 90.9 cm³/mol. The summed E-state index contributed by atoms with van der Waals surface area (Å²) in [4.78, 5) is 8.42. The van der Waals surface area contributed by atoms with Crippen LogP contribution in [-0.2, 0) is 0 Å². The SMILES string of the molecule is Cl.Oc1ccc(Cl)cc1Nc1ncnc2ccc(Br)cc12. The molecular formula is C14H10BrCl2N3O. The van der Waals surface area contributed by atoms with Gasteiger partial charge in [-0.3, -0.25) is 0 Å². The van der Waals surface area contributed by atoms with E-state index in [1.165, 1.54) is 12.4 Å². The van der Waals surface area contributed by atoms with Gasteiger partial charge in [0.25, 0.3) is 0 Å². The topological polar surface area (TPSA) is 58.0 Å². The number of anilines is 2. The van der Waals surface area contributed by atoms with Crippen molar-refractivity contribution < 1.29 is 5.11 Å². The highest BCUT2D eigenvalue weighted by atomic mass is 79.9. The largest absolute Gasteiger partial charge is 0.506 e. The Labute approximate surface area is 140 Å². The molecule has 0 atom stereocenters. The molecule has 1 aromatic heterocycles. The number of aromatic nitrogens is 2. The Hall–Kier alpha value is -1.56. The first-order valence-electron chi connectivity index (χ1n) is 5.79. The number of nitrogens with zero attached hydrogens (tertiary/aromatic N) is 2. The molecule has 0 aliphatic carbocycles. The van der Waals surface area contributed by atoms with Crippen LogP contribution >= 0.6 is 39.9 Å². The van der Waals surface area contributed by atoms with Crippen LogP contribution < -0.4 is 5.32 Å². The van der Waals surface area contributed by atoms with Gasteiger partial charge in [0.15, 0.2) is 0 Å². The molecule has 0 fully saturated rings. The Bertz CT molecular complexity index is 798. The van der Waals surface area contributed by atoms with E-state index in [1.54, 1.807) is 12.1 Å². The smallest absolute Gasteiger partial charge is 0.141 e. The highest BCUT2D eigenvalue weighted by molar-refractivity contribution is 9.10. The Kier molecular flexibility index (Phi) is 4.88. The molecule has 0 saturated heterocycles. The number of hydrogen-bond acceptors (Lipinski definition) is 4. The van der Waals surface area contributed by atoms with Crippen LogP contribution in [0.25, 0.3) is 10.9 Å². The molecule has 21 heavy (non-hydrogen) atoms. The molecule has 108 valence electrons. The van der Waals surface area contributed by atoms with Gasteiger partial charge < -0.3 is 10.4 Å². The molecule has 0 saturated carbocycles. The van der Waals surface area contributed by atoms with Crippen LogP contribution in [0.1, 0.15) is 0 Å². The van der Waals surface area contributed by atoms with E-state index >= 15 is 0 Å². The van der Waals surface area contributed by atoms with Crippen LogP contribution in [0.5, 0.6) is 5.75 Å². The molecule has 0 aliphatic heterocycles. The summed E-state index contributed by atoms with van der Waals surface area (Å²) in [7, 11) is 0. The summed E-state index contributed by atoms with van der Waals surface area (Å²) in [5.74, 6) is 0.713. The second-order valence-electron chi connectivity index (χ2n) is 4.17. The van der Waals surface area contributed by atoms with E-state index < -0.39 is 0 Å². The van der Waals surface area contributed by atoms with Gasteiger partial charge in [0.2, 0.25) is 0 Å². The van der Waals surface area contributed by atoms with E-state index in [-0.39, 0.29) is 18.2 Å². The minimum absolute atomic E-state index is 0. The van der Waals surface area contributed by atoms with Crippen LogP contribution in [-0.4, -0.2) is 15.1 Å². The van der Waals surface area contributed by atoms with E-state index in [4.69, 9.17) is 11.6 Å². The van der Waals surface area contributed by atoms with E-state index in [1.807, 2.05) is 18.2 Å². The second-order valence-corrected chi connectivity index (χ2v) is 5.52. The van der Waals surface area contributed by atoms with Crippen molar-refractivity contribution in [2.75, 3.05) is 5.32 Å². The van der Waals surface area contributed by atoms with Gasteiger partial charge >= 0.3 is 0 Å². The van der Waals surface area contributed by atoms with Crippen LogP contribution in [0, 0.1) is 0 Å². The fraction of sp³-hybridized carbons (Fsp3) is 0. The molecule has 0 aliphatic rings. The van der Waals surface area contributed by atoms with Gasteiger partial charge in [0, 0.05) is 14.9 Å². The van der Waals surface area contributed by atoms with Gasteiger partial charge in [-0.2, -0.15) is 0 Å². The van der Waals surface area contributed by atoms with Crippen molar-refractivity contribution in [1.29, 1.82) is 0 Å². The molecule has 7 heteroatoms. The lowest BCUT2D eigenvalue weighted by Gasteiger charge is -2.10. The summed E-state index contributed by atoms with van der Waals surface area (Å²) < 4.78 is 0.929. The molecule has 3 rings (SSSR count). The van der Waals surface area contributed by atoms with Crippen molar-refractivity contribution in [3.05, 3.63) is 52.2 Å². The fourth-order valence-corrected chi connectivity index (χ4v) is 2.40. The van der Waals surface area contributed by atoms with Gasteiger partial charge in [-0.1, -0.05) is 27.5 Å². The third-order valence-electron chi connectivity index (χ3n) is 2.81. The summed E-state index contributed by atoms with van der Waals surface area (Å²) >= 11 is 9.36. The van der Waals surface area contributed by atoms with E-state index in [2.05, 4.69) is 31.2 Å². The second kappa shape index (κ2) is 6.47. The maximum atomic E-state index is 9.85. The Morgan fingerprint density at radius 2 is 1.90 bits per heavy atom. The van der Waals surface area contributed by atoms with Gasteiger partial charge in [-0.05, 0) is 36.4 Å². The average molecular weight is 387 g/mol. The van der Waals surface area contributed by atoms with E-state index in [0.29, 0.717) is 16.5 Å². The normalized spacial score (nSPS) is 10.2. The average Bonchev–Trinajstić information content (AvgIpc) is 2.43. The zero-order valence-corrected chi connectivity index (χ0v) is 13.7. The number of hydrogen-bond donors (Lipinski definition) is 2. The Morgan fingerprint density at radius 1 is 1.10 bits per heavy atom. The quantitative estimate of drug-likeness (QED) is 0.614. The lowest BCUT2D eigenvalue weighted by molar-refractivity contribution is 0.478. The number of rotatable bonds is 2. The number of phenolic OH excluding ortho intramolecular Hbond substituents is 1. The lowest BCUT2D eigenvalue weighted by Crippen LogP contribution is -1.96. The summed E-state index contributed by atoms with van der Waals surface area (Å²) in [6, 6.07) is 10.5. The minimum Gasteiger partial charge on any atom is -0.506 e. The molecule has 0 bridgehead atoms. The first-order chi connectivity index (χ1) is 9.63. The standard InChI is InChI=1S/C14H9BrClN3O.ClH/c15-8-1-3-11-10(5-8)14(18-7-17-11)19-12-6-9(16)2-4-13(12)20;/h1-7,20H,(H,17,18,19);1H. The van der Waals surface area contributed by atoms with Crippen molar-refractivity contribution in [3.63, 3.8) is 0 Å². The molecule has 2 aromatic carbocycles. The lowest BCUT2D eigenvalue weighted by atomic mass is 10.2. The van der Waals surface area contributed by atoms with Gasteiger partial charge in [0.1, 0.15) is 17.9 Å². The number of aromatic hydroxyl groups is 1. The van der Waals surface area contributed by atoms with Gasteiger partial charge in [-0.25, -0.2) is 9.97 Å². The zero-order valence-electron chi connectivity index (χ0n) is 10.5. The highest BCUT2D eigenvalue weighted by Crippen LogP contribution is 2.31. The van der Waals surface area contributed by atoms with Crippen LogP contribution in [0.2, 0.25) is 5.02 Å². The number of benzene rings is 2. The van der Waals surface area contributed by atoms with Gasteiger partial charge in [-0.15, -0.1) is 12.4 Å². The maximum absolute atomic E-state index is 9.85. The zero-order chi connectivity index (χ0) is 14.1. The minimum atomic E-state index is 0. The molecule has 3 aromatic rings. The van der Waals surface area contributed by atoms with Crippen molar-refractivity contribution in [1.82, 2.24) is 9.97 Å². The third-order valence-corrected chi connectivity index (χ3v) is 3.54.